The van der Waals surface area contributed by atoms with Crippen LogP contribution in [0, 0.1) is 0 Å². The van der Waals surface area contributed by atoms with E-state index >= 15 is 0 Å². The van der Waals surface area contributed by atoms with E-state index in [0.29, 0.717) is 17.2 Å². The van der Waals surface area contributed by atoms with Gasteiger partial charge in [-0.25, -0.2) is 0 Å². The molecule has 2 rings (SSSR count). The maximum absolute atomic E-state index is 12.6. The van der Waals surface area contributed by atoms with E-state index in [1.807, 2.05) is 13.8 Å². The van der Waals surface area contributed by atoms with Gasteiger partial charge >= 0.3 is 6.18 Å². The van der Waals surface area contributed by atoms with Crippen LogP contribution in [-0.4, -0.2) is 28.0 Å². The molecule has 0 aromatic heterocycles. The summed E-state index contributed by atoms with van der Waals surface area (Å²) in [5, 5.41) is 3.32. The zero-order chi connectivity index (χ0) is 15.8. The molecule has 0 atom stereocenters. The van der Waals surface area contributed by atoms with Crippen LogP contribution < -0.4 is 5.32 Å². The van der Waals surface area contributed by atoms with Crippen molar-refractivity contribution in [1.82, 2.24) is 10.2 Å². The van der Waals surface area contributed by atoms with Crippen molar-refractivity contribution in [3.63, 3.8) is 0 Å². The number of thiocarbonyl (C=S) groups is 1. The van der Waals surface area contributed by atoms with E-state index in [9.17, 15) is 18.0 Å². The van der Waals surface area contributed by atoms with Gasteiger partial charge in [0.25, 0.3) is 0 Å². The Bertz CT molecular complexity index is 584. The molecule has 1 saturated heterocycles. The zero-order valence-electron chi connectivity index (χ0n) is 11.6. The van der Waals surface area contributed by atoms with Gasteiger partial charge in [0.2, 0.25) is 5.91 Å². The number of alkyl halides is 3. The number of nitrogens with zero attached hydrogens (tertiary/aromatic N) is 1. The number of rotatable bonds is 2. The summed E-state index contributed by atoms with van der Waals surface area (Å²) in [4.78, 5) is 13.6. The van der Waals surface area contributed by atoms with Crippen LogP contribution in [0.25, 0.3) is 0 Å². The molecule has 1 aliphatic rings. The molecule has 114 valence electrons. The van der Waals surface area contributed by atoms with Gasteiger partial charge in [-0.1, -0.05) is 18.2 Å². The van der Waals surface area contributed by atoms with Crippen molar-refractivity contribution >= 4 is 23.2 Å². The molecule has 0 aliphatic carbocycles. The highest BCUT2D eigenvalue weighted by molar-refractivity contribution is 7.80. The van der Waals surface area contributed by atoms with E-state index < -0.39 is 11.7 Å². The van der Waals surface area contributed by atoms with Crippen molar-refractivity contribution in [3.05, 3.63) is 35.4 Å². The first-order valence-corrected chi connectivity index (χ1v) is 6.78. The minimum Gasteiger partial charge on any atom is -0.356 e. The lowest BCUT2D eigenvalue weighted by atomic mass is 10.1. The highest BCUT2D eigenvalue weighted by Gasteiger charge is 2.36. The summed E-state index contributed by atoms with van der Waals surface area (Å²) < 4.78 is 37.9. The topological polar surface area (TPSA) is 32.3 Å². The third-order valence-electron chi connectivity index (χ3n) is 3.15. The summed E-state index contributed by atoms with van der Waals surface area (Å²) in [5.41, 5.74) is -0.752. The van der Waals surface area contributed by atoms with Crippen LogP contribution in [0.4, 0.5) is 13.2 Å². The molecule has 1 aromatic carbocycles. The summed E-state index contributed by atoms with van der Waals surface area (Å²) >= 11 is 5.08. The zero-order valence-corrected chi connectivity index (χ0v) is 12.4. The minimum absolute atomic E-state index is 0.109. The third kappa shape index (κ3) is 3.72. The van der Waals surface area contributed by atoms with Crippen LogP contribution in [-0.2, 0) is 17.4 Å². The Labute approximate surface area is 126 Å². The number of amides is 1. The first-order valence-electron chi connectivity index (χ1n) is 6.37. The molecule has 7 heteroatoms. The minimum atomic E-state index is -4.41. The molecule has 1 aromatic rings. The highest BCUT2D eigenvalue weighted by atomic mass is 32.1. The molecule has 1 amide bonds. The van der Waals surface area contributed by atoms with Gasteiger partial charge in [0, 0.05) is 0 Å². The van der Waals surface area contributed by atoms with Gasteiger partial charge in [-0.3, -0.25) is 9.69 Å². The number of nitrogens with one attached hydrogen (secondary N) is 1. The summed E-state index contributed by atoms with van der Waals surface area (Å²) in [6, 6.07) is 4.79. The molecule has 0 unspecified atom stereocenters. The second-order valence-corrected chi connectivity index (χ2v) is 6.06. The maximum Gasteiger partial charge on any atom is 0.416 e. The second-order valence-electron chi connectivity index (χ2n) is 5.67. The number of carbonyl (C=O) groups is 1. The summed E-state index contributed by atoms with van der Waals surface area (Å²) in [5.74, 6) is -0.308. The Kier molecular flexibility index (Phi) is 3.97. The standard InChI is InChI=1S/C14H15F3N2OS/c1-13(2)8-19(12(21)18-13)11(20)7-9-4-3-5-10(6-9)14(15,16)17/h3-6H,7-8H2,1-2H3,(H,18,21). The van der Waals surface area contributed by atoms with Crippen molar-refractivity contribution in [2.24, 2.45) is 0 Å². The Balaban J connectivity index is 2.12. The molecular weight excluding hydrogens is 301 g/mol. The predicted molar refractivity (Wildman–Crippen MR) is 76.7 cm³/mol. The van der Waals surface area contributed by atoms with Gasteiger partial charge < -0.3 is 5.32 Å². The van der Waals surface area contributed by atoms with E-state index in [1.54, 1.807) is 0 Å². The summed E-state index contributed by atoms with van der Waals surface area (Å²) in [6.07, 6.45) is -4.52. The average molecular weight is 316 g/mol. The van der Waals surface area contributed by atoms with Crippen LogP contribution in [0.1, 0.15) is 25.0 Å². The van der Waals surface area contributed by atoms with Crippen molar-refractivity contribution in [2.45, 2.75) is 32.0 Å². The van der Waals surface area contributed by atoms with Crippen LogP contribution in [0.2, 0.25) is 0 Å². The Morgan fingerprint density at radius 3 is 2.62 bits per heavy atom. The third-order valence-corrected chi connectivity index (χ3v) is 3.48. The lowest BCUT2D eigenvalue weighted by Crippen LogP contribution is -2.36. The lowest BCUT2D eigenvalue weighted by Gasteiger charge is -2.17. The maximum atomic E-state index is 12.6. The van der Waals surface area contributed by atoms with Crippen LogP contribution in [0.3, 0.4) is 0 Å². The van der Waals surface area contributed by atoms with E-state index in [0.717, 1.165) is 12.1 Å². The molecule has 0 bridgehead atoms. The molecule has 1 N–H and O–H groups in total. The Morgan fingerprint density at radius 2 is 2.10 bits per heavy atom. The molecule has 1 heterocycles. The van der Waals surface area contributed by atoms with E-state index in [4.69, 9.17) is 12.2 Å². The van der Waals surface area contributed by atoms with Gasteiger partial charge in [-0.15, -0.1) is 0 Å². The van der Waals surface area contributed by atoms with Crippen molar-refractivity contribution in [1.29, 1.82) is 0 Å². The molecule has 0 spiro atoms. The molecule has 21 heavy (non-hydrogen) atoms. The number of halogens is 3. The first-order chi connectivity index (χ1) is 9.58. The van der Waals surface area contributed by atoms with Gasteiger partial charge in [0.1, 0.15) is 0 Å². The fourth-order valence-electron chi connectivity index (χ4n) is 2.19. The molecular formula is C14H15F3N2OS. The fraction of sp³-hybridized carbons (Fsp3) is 0.429. The van der Waals surface area contributed by atoms with E-state index in [2.05, 4.69) is 5.32 Å². The summed E-state index contributed by atoms with van der Waals surface area (Å²) in [7, 11) is 0. The van der Waals surface area contributed by atoms with Crippen LogP contribution in [0.5, 0.6) is 0 Å². The Morgan fingerprint density at radius 1 is 1.43 bits per heavy atom. The molecule has 1 fully saturated rings. The average Bonchev–Trinajstić information content (AvgIpc) is 2.62. The number of benzene rings is 1. The summed E-state index contributed by atoms with van der Waals surface area (Å²) in [6.45, 7) is 4.21. The Hall–Kier alpha value is -1.63. The number of hydrogen-bond donors (Lipinski definition) is 1. The van der Waals surface area contributed by atoms with Gasteiger partial charge in [-0.05, 0) is 37.7 Å². The molecule has 0 radical (unpaired) electrons. The lowest BCUT2D eigenvalue weighted by molar-refractivity contribution is -0.137. The molecule has 1 aliphatic heterocycles. The largest absolute Gasteiger partial charge is 0.416 e. The highest BCUT2D eigenvalue weighted by Crippen LogP contribution is 2.29. The van der Waals surface area contributed by atoms with Crippen LogP contribution in [0.15, 0.2) is 24.3 Å². The SMILES string of the molecule is CC1(C)CN(C(=O)Cc2cccc(C(F)(F)F)c2)C(=S)N1. The van der Waals surface area contributed by atoms with Crippen molar-refractivity contribution in [2.75, 3.05) is 6.54 Å². The van der Waals surface area contributed by atoms with Crippen molar-refractivity contribution < 1.29 is 18.0 Å². The first kappa shape index (κ1) is 15.8. The van der Waals surface area contributed by atoms with E-state index in [-0.39, 0.29) is 17.9 Å². The van der Waals surface area contributed by atoms with Gasteiger partial charge in [-0.2, -0.15) is 13.2 Å². The quantitative estimate of drug-likeness (QED) is 0.852. The number of carbonyl (C=O) groups excluding carboxylic acids is 1. The van der Waals surface area contributed by atoms with Gasteiger partial charge in [0.15, 0.2) is 5.11 Å². The smallest absolute Gasteiger partial charge is 0.356 e. The van der Waals surface area contributed by atoms with Crippen LogP contribution >= 0.6 is 12.2 Å². The number of hydrogen-bond acceptors (Lipinski definition) is 2. The van der Waals surface area contributed by atoms with Crippen molar-refractivity contribution in [3.8, 4) is 0 Å². The van der Waals surface area contributed by atoms with Gasteiger partial charge in [0.05, 0.1) is 24.1 Å². The normalized spacial score (nSPS) is 17.8. The second kappa shape index (κ2) is 5.29. The molecule has 0 saturated carbocycles. The van der Waals surface area contributed by atoms with E-state index in [1.165, 1.54) is 17.0 Å². The predicted octanol–water partition coefficient (Wildman–Crippen LogP) is 2.74. The fourth-order valence-corrected chi connectivity index (χ4v) is 2.64. The molecule has 3 nitrogen and oxygen atoms in total. The monoisotopic (exact) mass is 316 g/mol.